The average Bonchev–Trinajstić information content (AvgIpc) is 3.16. The summed E-state index contributed by atoms with van der Waals surface area (Å²) in [5, 5.41) is 9.72. The Balaban J connectivity index is 1.36. The molecule has 1 saturated heterocycles. The van der Waals surface area contributed by atoms with Gasteiger partial charge in [-0.3, -0.25) is 9.59 Å². The van der Waals surface area contributed by atoms with Gasteiger partial charge in [-0.2, -0.15) is 5.26 Å². The van der Waals surface area contributed by atoms with Crippen LogP contribution in [-0.2, 0) is 22.4 Å². The largest absolute Gasteiger partial charge is 0.497 e. The van der Waals surface area contributed by atoms with Crippen molar-refractivity contribution in [1.82, 2.24) is 4.98 Å². The molecule has 170 valence electrons. The van der Waals surface area contributed by atoms with Crippen LogP contribution in [0.25, 0.3) is 0 Å². The minimum absolute atomic E-state index is 0.0786. The number of nitrogens with zero attached hydrogens (tertiary/aromatic N) is 3. The molecule has 2 aromatic carbocycles. The van der Waals surface area contributed by atoms with Gasteiger partial charge >= 0.3 is 0 Å². The minimum Gasteiger partial charge on any atom is -0.497 e. The fraction of sp³-hybridized carbons (Fsp3) is 0.259. The van der Waals surface area contributed by atoms with Crippen molar-refractivity contribution in [3.05, 3.63) is 83.0 Å². The Morgan fingerprint density at radius 1 is 1.09 bits per heavy atom. The molecule has 0 spiro atoms. The van der Waals surface area contributed by atoms with Gasteiger partial charge in [0.15, 0.2) is 0 Å². The zero-order valence-electron chi connectivity index (χ0n) is 18.7. The molecule has 0 N–H and O–H groups in total. The SMILES string of the molecule is COc1ccc(N2C(=O)C[C@@H](Sc3nc4c(cc3C#N)C[C@H](c3ccccc3)CC4)C2=O)cc1. The summed E-state index contributed by atoms with van der Waals surface area (Å²) in [5.74, 6) is 0.524. The van der Waals surface area contributed by atoms with Crippen molar-refractivity contribution < 1.29 is 14.3 Å². The van der Waals surface area contributed by atoms with Gasteiger partial charge in [0.2, 0.25) is 11.8 Å². The van der Waals surface area contributed by atoms with E-state index in [1.54, 1.807) is 31.4 Å². The fourth-order valence-electron chi connectivity index (χ4n) is 4.66. The first-order valence-corrected chi connectivity index (χ1v) is 12.1. The number of carbonyl (C=O) groups is 2. The molecule has 1 aliphatic heterocycles. The zero-order valence-corrected chi connectivity index (χ0v) is 19.5. The number of fused-ring (bicyclic) bond motifs is 1. The van der Waals surface area contributed by atoms with E-state index in [9.17, 15) is 14.9 Å². The number of thioether (sulfide) groups is 1. The number of aromatic nitrogens is 1. The monoisotopic (exact) mass is 469 g/mol. The number of imide groups is 1. The molecule has 2 atom stereocenters. The Bertz CT molecular complexity index is 1280. The summed E-state index contributed by atoms with van der Waals surface area (Å²) < 4.78 is 5.16. The number of pyridine rings is 1. The molecule has 1 aromatic heterocycles. The Morgan fingerprint density at radius 2 is 1.85 bits per heavy atom. The van der Waals surface area contributed by atoms with Crippen LogP contribution in [0.4, 0.5) is 5.69 Å². The Morgan fingerprint density at radius 3 is 2.56 bits per heavy atom. The third-order valence-electron chi connectivity index (χ3n) is 6.43. The second kappa shape index (κ2) is 9.32. The van der Waals surface area contributed by atoms with E-state index in [-0.39, 0.29) is 18.2 Å². The molecular formula is C27H23N3O3S. The van der Waals surface area contributed by atoms with Crippen molar-refractivity contribution >= 4 is 29.3 Å². The van der Waals surface area contributed by atoms with E-state index < -0.39 is 5.25 Å². The highest BCUT2D eigenvalue weighted by Gasteiger charge is 2.41. The third kappa shape index (κ3) is 4.17. The zero-order chi connectivity index (χ0) is 23.7. The predicted molar refractivity (Wildman–Crippen MR) is 130 cm³/mol. The number of nitriles is 1. The number of amides is 2. The van der Waals surface area contributed by atoms with Gasteiger partial charge in [-0.25, -0.2) is 9.88 Å². The second-order valence-corrected chi connectivity index (χ2v) is 9.68. The highest BCUT2D eigenvalue weighted by Crippen LogP contribution is 2.38. The van der Waals surface area contributed by atoms with Crippen molar-refractivity contribution in [2.75, 3.05) is 12.0 Å². The van der Waals surface area contributed by atoms with Crippen molar-refractivity contribution in [2.24, 2.45) is 0 Å². The molecule has 3 aromatic rings. The molecule has 2 amide bonds. The number of carbonyl (C=O) groups excluding carboxylic acids is 2. The number of rotatable bonds is 5. The lowest BCUT2D eigenvalue weighted by Crippen LogP contribution is -2.31. The number of anilines is 1. The molecule has 5 rings (SSSR count). The number of ether oxygens (including phenoxy) is 1. The molecule has 0 radical (unpaired) electrons. The van der Waals surface area contributed by atoms with E-state index >= 15 is 0 Å². The summed E-state index contributed by atoms with van der Waals surface area (Å²) in [7, 11) is 1.56. The van der Waals surface area contributed by atoms with Crippen molar-refractivity contribution in [3.63, 3.8) is 0 Å². The lowest BCUT2D eigenvalue weighted by atomic mass is 9.82. The number of hydrogen-bond donors (Lipinski definition) is 0. The first kappa shape index (κ1) is 22.2. The lowest BCUT2D eigenvalue weighted by molar-refractivity contribution is -0.121. The first-order chi connectivity index (χ1) is 16.6. The normalized spacial score (nSPS) is 19.6. The van der Waals surface area contributed by atoms with Gasteiger partial charge in [0.05, 0.1) is 23.6 Å². The smallest absolute Gasteiger partial charge is 0.247 e. The topological polar surface area (TPSA) is 83.3 Å². The molecule has 7 heteroatoms. The van der Waals surface area contributed by atoms with Gasteiger partial charge in [0, 0.05) is 12.1 Å². The number of methoxy groups -OCH3 is 1. The number of hydrogen-bond acceptors (Lipinski definition) is 6. The predicted octanol–water partition coefficient (Wildman–Crippen LogP) is 4.66. The Kier molecular flexibility index (Phi) is 6.08. The van der Waals surface area contributed by atoms with E-state index in [4.69, 9.17) is 9.72 Å². The van der Waals surface area contributed by atoms with Crippen molar-refractivity contribution in [3.8, 4) is 11.8 Å². The van der Waals surface area contributed by atoms with Gasteiger partial charge in [-0.05, 0) is 66.6 Å². The molecule has 1 fully saturated rings. The third-order valence-corrected chi connectivity index (χ3v) is 7.62. The van der Waals surface area contributed by atoms with Crippen LogP contribution in [0.5, 0.6) is 5.75 Å². The molecule has 6 nitrogen and oxygen atoms in total. The fourth-order valence-corrected chi connectivity index (χ4v) is 5.75. The first-order valence-electron chi connectivity index (χ1n) is 11.2. The van der Waals surface area contributed by atoms with Crippen LogP contribution in [0.15, 0.2) is 65.7 Å². The summed E-state index contributed by atoms with van der Waals surface area (Å²) in [4.78, 5) is 31.8. The molecule has 2 aliphatic rings. The van der Waals surface area contributed by atoms with Gasteiger partial charge in [0.1, 0.15) is 16.8 Å². The molecule has 2 heterocycles. The van der Waals surface area contributed by atoms with Crippen LogP contribution >= 0.6 is 11.8 Å². The van der Waals surface area contributed by atoms with E-state index in [1.165, 1.54) is 22.2 Å². The minimum atomic E-state index is -0.604. The molecule has 1 aliphatic carbocycles. The van der Waals surface area contributed by atoms with Gasteiger partial charge in [-0.1, -0.05) is 42.1 Å². The maximum atomic E-state index is 13.1. The van der Waals surface area contributed by atoms with Crippen LogP contribution in [0.1, 0.15) is 41.1 Å². The van der Waals surface area contributed by atoms with Gasteiger partial charge in [-0.15, -0.1) is 0 Å². The van der Waals surface area contributed by atoms with Crippen molar-refractivity contribution in [2.45, 2.75) is 41.9 Å². The Labute approximate surface area is 202 Å². The van der Waals surface area contributed by atoms with E-state index in [0.29, 0.717) is 27.9 Å². The van der Waals surface area contributed by atoms with Gasteiger partial charge in [0.25, 0.3) is 0 Å². The summed E-state index contributed by atoms with van der Waals surface area (Å²) in [6.45, 7) is 0. The number of benzene rings is 2. The molecule has 0 unspecified atom stereocenters. The molecule has 0 bridgehead atoms. The average molecular weight is 470 g/mol. The highest BCUT2D eigenvalue weighted by molar-refractivity contribution is 8.00. The van der Waals surface area contributed by atoms with Gasteiger partial charge < -0.3 is 4.74 Å². The maximum Gasteiger partial charge on any atom is 0.247 e. The van der Waals surface area contributed by atoms with Crippen LogP contribution in [0.3, 0.4) is 0 Å². The van der Waals surface area contributed by atoms with Crippen LogP contribution in [-0.4, -0.2) is 29.2 Å². The summed E-state index contributed by atoms with van der Waals surface area (Å²) in [6, 6.07) is 21.4. The molecular weight excluding hydrogens is 446 g/mol. The lowest BCUT2D eigenvalue weighted by Gasteiger charge is -2.25. The molecule has 34 heavy (non-hydrogen) atoms. The van der Waals surface area contributed by atoms with Crippen LogP contribution in [0, 0.1) is 11.3 Å². The van der Waals surface area contributed by atoms with E-state index in [2.05, 4.69) is 30.3 Å². The van der Waals surface area contributed by atoms with Crippen LogP contribution < -0.4 is 9.64 Å². The number of aryl methyl sites for hydroxylation is 1. The maximum absolute atomic E-state index is 13.1. The highest BCUT2D eigenvalue weighted by atomic mass is 32.2. The summed E-state index contributed by atoms with van der Waals surface area (Å²) in [5.41, 5.74) is 4.36. The van der Waals surface area contributed by atoms with Crippen molar-refractivity contribution in [1.29, 1.82) is 5.26 Å². The quantitative estimate of drug-likeness (QED) is 0.506. The van der Waals surface area contributed by atoms with E-state index in [1.807, 2.05) is 12.1 Å². The second-order valence-electron chi connectivity index (χ2n) is 8.49. The van der Waals surface area contributed by atoms with Crippen LogP contribution in [0.2, 0.25) is 0 Å². The standard InChI is InChI=1S/C27H23N3O3S/c1-33-22-10-8-21(9-11-22)30-25(31)15-24(27(30)32)34-26-20(16-28)14-19-13-18(7-12-23(19)29-26)17-5-3-2-4-6-17/h2-6,8-11,14,18,24H,7,12-13,15H2,1H3/t18-,24-/m1/s1. The van der Waals surface area contributed by atoms with E-state index in [0.717, 1.165) is 30.5 Å². The summed E-state index contributed by atoms with van der Waals surface area (Å²) in [6.07, 6.45) is 2.74. The molecule has 0 saturated carbocycles. The summed E-state index contributed by atoms with van der Waals surface area (Å²) >= 11 is 1.22. The Hall–Kier alpha value is -3.63.